The second-order valence-electron chi connectivity index (χ2n) is 6.16. The largest absolute Gasteiger partial charge is 0.495 e. The Hall–Kier alpha value is -1.67. The van der Waals surface area contributed by atoms with Crippen molar-refractivity contribution in [3.8, 4) is 5.75 Å². The van der Waals surface area contributed by atoms with Crippen molar-refractivity contribution >= 4 is 15.9 Å². The lowest BCUT2D eigenvalue weighted by molar-refractivity contribution is -0.126. The second-order valence-corrected chi connectivity index (χ2v) is 8.07. The van der Waals surface area contributed by atoms with Crippen LogP contribution in [0, 0.1) is 11.7 Å². The quantitative estimate of drug-likeness (QED) is 0.870. The van der Waals surface area contributed by atoms with Gasteiger partial charge >= 0.3 is 0 Å². The Balaban J connectivity index is 2.26. The molecule has 1 aliphatic rings. The van der Waals surface area contributed by atoms with Gasteiger partial charge in [-0.2, -0.15) is 4.31 Å². The van der Waals surface area contributed by atoms with Crippen LogP contribution in [0.4, 0.5) is 4.39 Å². The van der Waals surface area contributed by atoms with Gasteiger partial charge in [-0.25, -0.2) is 12.8 Å². The molecule has 1 aromatic rings. The molecule has 0 aliphatic carbocycles. The van der Waals surface area contributed by atoms with E-state index in [-0.39, 0.29) is 29.1 Å². The van der Waals surface area contributed by atoms with E-state index in [1.165, 1.54) is 17.5 Å². The third-order valence-electron chi connectivity index (χ3n) is 3.93. The minimum Gasteiger partial charge on any atom is -0.495 e. The molecule has 134 valence electrons. The van der Waals surface area contributed by atoms with E-state index in [9.17, 15) is 17.6 Å². The highest BCUT2D eigenvalue weighted by Gasteiger charge is 2.35. The summed E-state index contributed by atoms with van der Waals surface area (Å²) in [7, 11) is -2.60. The first-order valence-corrected chi connectivity index (χ1v) is 9.33. The number of ether oxygens (including phenoxy) is 1. The highest BCUT2D eigenvalue weighted by atomic mass is 32.2. The van der Waals surface area contributed by atoms with Gasteiger partial charge in [0, 0.05) is 19.1 Å². The first kappa shape index (κ1) is 18.7. The summed E-state index contributed by atoms with van der Waals surface area (Å²) >= 11 is 0. The minimum absolute atomic E-state index is 0.00667. The zero-order chi connectivity index (χ0) is 17.9. The molecule has 0 unspecified atom stereocenters. The van der Waals surface area contributed by atoms with Crippen LogP contribution in [0.25, 0.3) is 0 Å². The molecule has 0 radical (unpaired) electrons. The number of rotatable bonds is 5. The molecule has 1 N–H and O–H groups in total. The van der Waals surface area contributed by atoms with E-state index in [2.05, 4.69) is 5.32 Å². The topological polar surface area (TPSA) is 75.7 Å². The van der Waals surface area contributed by atoms with Gasteiger partial charge in [-0.05, 0) is 44.9 Å². The maximum atomic E-state index is 13.5. The SMILES string of the molecule is COc1ccc(F)cc1S(=O)(=O)N1CCC[C@H](C(=O)NC(C)C)C1. The molecule has 1 amide bonds. The molecule has 0 bridgehead atoms. The smallest absolute Gasteiger partial charge is 0.246 e. The number of hydrogen-bond donors (Lipinski definition) is 1. The first-order valence-electron chi connectivity index (χ1n) is 7.89. The molecule has 1 atom stereocenters. The Labute approximate surface area is 142 Å². The van der Waals surface area contributed by atoms with Crippen LogP contribution in [0.5, 0.6) is 5.75 Å². The third-order valence-corrected chi connectivity index (χ3v) is 5.82. The van der Waals surface area contributed by atoms with Gasteiger partial charge in [0.15, 0.2) is 0 Å². The Bertz CT molecular complexity index is 706. The number of hydrogen-bond acceptors (Lipinski definition) is 4. The first-order chi connectivity index (χ1) is 11.3. The van der Waals surface area contributed by atoms with Crippen LogP contribution < -0.4 is 10.1 Å². The highest BCUT2D eigenvalue weighted by molar-refractivity contribution is 7.89. The number of carbonyl (C=O) groups excluding carboxylic acids is 1. The summed E-state index contributed by atoms with van der Waals surface area (Å²) in [5.74, 6) is -1.13. The van der Waals surface area contributed by atoms with E-state index in [0.29, 0.717) is 19.4 Å². The van der Waals surface area contributed by atoms with Gasteiger partial charge in [0.1, 0.15) is 16.5 Å². The number of nitrogens with one attached hydrogen (secondary N) is 1. The fourth-order valence-corrected chi connectivity index (χ4v) is 4.46. The summed E-state index contributed by atoms with van der Waals surface area (Å²) in [6.45, 7) is 4.09. The van der Waals surface area contributed by atoms with Gasteiger partial charge in [0.2, 0.25) is 15.9 Å². The minimum atomic E-state index is -3.93. The maximum absolute atomic E-state index is 13.5. The molecule has 0 saturated carbocycles. The van der Waals surface area contributed by atoms with Crippen LogP contribution in [-0.4, -0.2) is 44.9 Å². The van der Waals surface area contributed by atoms with Gasteiger partial charge in [-0.1, -0.05) is 0 Å². The Morgan fingerprint density at radius 2 is 2.12 bits per heavy atom. The summed E-state index contributed by atoms with van der Waals surface area (Å²) in [5, 5.41) is 2.81. The average Bonchev–Trinajstić information content (AvgIpc) is 2.54. The van der Waals surface area contributed by atoms with Crippen molar-refractivity contribution < 1.29 is 22.3 Å². The van der Waals surface area contributed by atoms with Crippen molar-refractivity contribution in [1.29, 1.82) is 0 Å². The van der Waals surface area contributed by atoms with Crippen molar-refractivity contribution in [3.63, 3.8) is 0 Å². The van der Waals surface area contributed by atoms with E-state index in [4.69, 9.17) is 4.74 Å². The standard InChI is InChI=1S/C16H23FN2O4S/c1-11(2)18-16(20)12-5-4-8-19(10-12)24(21,22)15-9-13(17)6-7-14(15)23-3/h6-7,9,11-12H,4-5,8,10H2,1-3H3,(H,18,20)/t12-/m0/s1. The summed E-state index contributed by atoms with van der Waals surface area (Å²) in [5.41, 5.74) is 0. The number of benzene rings is 1. The van der Waals surface area contributed by atoms with Crippen molar-refractivity contribution in [2.45, 2.75) is 37.6 Å². The molecule has 8 heteroatoms. The fourth-order valence-electron chi connectivity index (χ4n) is 2.77. The predicted octanol–water partition coefficient (Wildman–Crippen LogP) is 1.76. The summed E-state index contributed by atoms with van der Waals surface area (Å²) < 4.78 is 45.5. The average molecular weight is 358 g/mol. The van der Waals surface area contributed by atoms with Crippen molar-refractivity contribution in [3.05, 3.63) is 24.0 Å². The number of sulfonamides is 1. The van der Waals surface area contributed by atoms with E-state index in [1.54, 1.807) is 0 Å². The molecule has 0 aromatic heterocycles. The highest BCUT2D eigenvalue weighted by Crippen LogP contribution is 2.30. The Morgan fingerprint density at radius 3 is 2.75 bits per heavy atom. The van der Waals surface area contributed by atoms with E-state index in [1.807, 2.05) is 13.8 Å². The van der Waals surface area contributed by atoms with Gasteiger partial charge < -0.3 is 10.1 Å². The molecule has 24 heavy (non-hydrogen) atoms. The Morgan fingerprint density at radius 1 is 1.42 bits per heavy atom. The van der Waals surface area contributed by atoms with Crippen LogP contribution in [0.1, 0.15) is 26.7 Å². The zero-order valence-corrected chi connectivity index (χ0v) is 14.9. The van der Waals surface area contributed by atoms with E-state index >= 15 is 0 Å². The second kappa shape index (κ2) is 7.48. The van der Waals surface area contributed by atoms with Crippen LogP contribution in [0.15, 0.2) is 23.1 Å². The Kier molecular flexibility index (Phi) is 5.82. The van der Waals surface area contributed by atoms with Gasteiger partial charge in [-0.15, -0.1) is 0 Å². The molecule has 1 heterocycles. The number of piperidine rings is 1. The normalized spacial score (nSPS) is 19.3. The maximum Gasteiger partial charge on any atom is 0.246 e. The van der Waals surface area contributed by atoms with Crippen molar-refractivity contribution in [2.75, 3.05) is 20.2 Å². The van der Waals surface area contributed by atoms with Gasteiger partial charge in [-0.3, -0.25) is 4.79 Å². The number of amides is 1. The number of nitrogens with zero attached hydrogens (tertiary/aromatic N) is 1. The zero-order valence-electron chi connectivity index (χ0n) is 14.1. The molecule has 2 rings (SSSR count). The van der Waals surface area contributed by atoms with Crippen LogP contribution in [0.2, 0.25) is 0 Å². The third kappa shape index (κ3) is 4.05. The molecular formula is C16H23FN2O4S. The lowest BCUT2D eigenvalue weighted by Gasteiger charge is -2.31. The molecule has 6 nitrogen and oxygen atoms in total. The molecule has 1 fully saturated rings. The lowest BCUT2D eigenvalue weighted by atomic mass is 9.98. The predicted molar refractivity (Wildman–Crippen MR) is 87.7 cm³/mol. The monoisotopic (exact) mass is 358 g/mol. The van der Waals surface area contributed by atoms with Crippen molar-refractivity contribution in [1.82, 2.24) is 9.62 Å². The molecular weight excluding hydrogens is 335 g/mol. The molecule has 1 aromatic carbocycles. The van der Waals surface area contributed by atoms with Gasteiger partial charge in [0.25, 0.3) is 0 Å². The molecule has 1 aliphatic heterocycles. The molecule has 1 saturated heterocycles. The fraction of sp³-hybridized carbons (Fsp3) is 0.562. The van der Waals surface area contributed by atoms with Crippen LogP contribution >= 0.6 is 0 Å². The number of halogens is 1. The van der Waals surface area contributed by atoms with E-state index < -0.39 is 21.8 Å². The lowest BCUT2D eigenvalue weighted by Crippen LogP contribution is -2.46. The van der Waals surface area contributed by atoms with Gasteiger partial charge in [0.05, 0.1) is 13.0 Å². The summed E-state index contributed by atoms with van der Waals surface area (Å²) in [6, 6.07) is 3.38. The summed E-state index contributed by atoms with van der Waals surface area (Å²) in [6.07, 6.45) is 1.21. The van der Waals surface area contributed by atoms with Crippen molar-refractivity contribution in [2.24, 2.45) is 5.92 Å². The van der Waals surface area contributed by atoms with Crippen LogP contribution in [0.3, 0.4) is 0 Å². The van der Waals surface area contributed by atoms with Crippen LogP contribution in [-0.2, 0) is 14.8 Å². The number of carbonyl (C=O) groups is 1. The van der Waals surface area contributed by atoms with E-state index in [0.717, 1.165) is 12.1 Å². The number of methoxy groups -OCH3 is 1. The molecule has 0 spiro atoms. The summed E-state index contributed by atoms with van der Waals surface area (Å²) in [4.78, 5) is 12.0.